The molecule has 8 nitrogen and oxygen atoms in total. The van der Waals surface area contributed by atoms with Crippen LogP contribution in [-0.4, -0.2) is 69.3 Å². The van der Waals surface area contributed by atoms with E-state index in [-0.39, 0.29) is 30.0 Å². The van der Waals surface area contributed by atoms with Crippen molar-refractivity contribution < 1.29 is 28.9 Å². The van der Waals surface area contributed by atoms with Crippen molar-refractivity contribution in [3.8, 4) is 11.5 Å². The van der Waals surface area contributed by atoms with Crippen LogP contribution >= 0.6 is 0 Å². The summed E-state index contributed by atoms with van der Waals surface area (Å²) in [6.45, 7) is 6.32. The molecule has 1 N–H and O–H groups in total. The zero-order valence-corrected chi connectivity index (χ0v) is 20.3. The molecule has 1 amide bonds. The fraction of sp³-hybridized carbons (Fsp3) is 0.385. The average molecular weight is 469 g/mol. The average Bonchev–Trinajstić information content (AvgIpc) is 3.12. The van der Waals surface area contributed by atoms with Gasteiger partial charge in [-0.05, 0) is 43.7 Å². The molecule has 0 radical (unpaired) electrons. The molecule has 1 atom stereocenters. The quantitative estimate of drug-likeness (QED) is 0.324. The van der Waals surface area contributed by atoms with E-state index in [4.69, 9.17) is 14.2 Å². The predicted octanol–water partition coefficient (Wildman–Crippen LogP) is 3.62. The zero-order chi connectivity index (χ0) is 24.8. The number of anilines is 1. The third-order valence-electron chi connectivity index (χ3n) is 6.08. The second-order valence-corrected chi connectivity index (χ2v) is 7.79. The molecule has 182 valence electrons. The number of carbonyl (C=O) groups is 2. The Labute approximate surface area is 200 Å². The normalized spacial score (nSPS) is 17.2. The Bertz CT molecular complexity index is 1040. The standard InChI is InChI=1S/C26H32N2O6/c1-6-27(7-2)18-13-11-17(12-14-18)23-22(25(30)26(31)28(23)15-16-32-3)24(29)21-19(33-4)9-8-10-20(21)34-5/h8-14,23,29H,6-7,15-16H2,1-5H3/b24-22+. The lowest BCUT2D eigenvalue weighted by molar-refractivity contribution is -0.140. The molecule has 34 heavy (non-hydrogen) atoms. The molecule has 1 unspecified atom stereocenters. The summed E-state index contributed by atoms with van der Waals surface area (Å²) < 4.78 is 16.0. The molecule has 0 aliphatic carbocycles. The van der Waals surface area contributed by atoms with Crippen LogP contribution in [-0.2, 0) is 14.3 Å². The van der Waals surface area contributed by atoms with Gasteiger partial charge in [0.2, 0.25) is 0 Å². The first-order valence-corrected chi connectivity index (χ1v) is 11.3. The van der Waals surface area contributed by atoms with Gasteiger partial charge in [-0.3, -0.25) is 9.59 Å². The third-order valence-corrected chi connectivity index (χ3v) is 6.08. The number of hydrogen-bond donors (Lipinski definition) is 1. The molecule has 1 fully saturated rings. The summed E-state index contributed by atoms with van der Waals surface area (Å²) >= 11 is 0. The van der Waals surface area contributed by atoms with Gasteiger partial charge in [0.25, 0.3) is 11.7 Å². The van der Waals surface area contributed by atoms with E-state index in [1.165, 1.54) is 26.2 Å². The van der Waals surface area contributed by atoms with Crippen molar-refractivity contribution in [2.45, 2.75) is 19.9 Å². The number of ether oxygens (including phenoxy) is 3. The van der Waals surface area contributed by atoms with Gasteiger partial charge < -0.3 is 29.1 Å². The van der Waals surface area contributed by atoms with Crippen LogP contribution in [0, 0.1) is 0 Å². The van der Waals surface area contributed by atoms with Crippen LogP contribution in [0.5, 0.6) is 11.5 Å². The Balaban J connectivity index is 2.20. The first-order chi connectivity index (χ1) is 16.4. The molecule has 1 heterocycles. The second kappa shape index (κ2) is 11.1. The van der Waals surface area contributed by atoms with Gasteiger partial charge in [-0.15, -0.1) is 0 Å². The van der Waals surface area contributed by atoms with Gasteiger partial charge in [-0.2, -0.15) is 0 Å². The number of aliphatic hydroxyl groups is 1. The minimum Gasteiger partial charge on any atom is -0.506 e. The topological polar surface area (TPSA) is 88.5 Å². The van der Waals surface area contributed by atoms with Gasteiger partial charge in [-0.25, -0.2) is 0 Å². The Morgan fingerprint density at radius 1 is 0.971 bits per heavy atom. The van der Waals surface area contributed by atoms with Gasteiger partial charge in [0.05, 0.1) is 32.4 Å². The summed E-state index contributed by atoms with van der Waals surface area (Å²) in [5, 5.41) is 11.4. The van der Waals surface area contributed by atoms with E-state index in [1.54, 1.807) is 18.2 Å². The van der Waals surface area contributed by atoms with Crippen LogP contribution < -0.4 is 14.4 Å². The largest absolute Gasteiger partial charge is 0.506 e. The third kappa shape index (κ3) is 4.59. The second-order valence-electron chi connectivity index (χ2n) is 7.79. The number of Topliss-reactive ketones (excluding diaryl/α,β-unsaturated/α-hetero) is 1. The predicted molar refractivity (Wildman–Crippen MR) is 130 cm³/mol. The van der Waals surface area contributed by atoms with Crippen LogP contribution in [0.4, 0.5) is 5.69 Å². The molecule has 1 aliphatic rings. The summed E-state index contributed by atoms with van der Waals surface area (Å²) in [6.07, 6.45) is 0. The number of ketones is 1. The molecule has 1 aliphatic heterocycles. The van der Waals surface area contributed by atoms with Gasteiger partial charge in [0.15, 0.2) is 0 Å². The summed E-state index contributed by atoms with van der Waals surface area (Å²) in [4.78, 5) is 29.9. The lowest BCUT2D eigenvalue weighted by Gasteiger charge is -2.26. The number of amides is 1. The summed E-state index contributed by atoms with van der Waals surface area (Å²) in [6, 6.07) is 11.9. The molecule has 0 bridgehead atoms. The fourth-order valence-electron chi connectivity index (χ4n) is 4.32. The molecule has 0 saturated carbocycles. The first kappa shape index (κ1) is 25.1. The number of likely N-dealkylation sites (tertiary alicyclic amines) is 1. The van der Waals surface area contributed by atoms with E-state index in [2.05, 4.69) is 18.7 Å². The number of hydrogen-bond acceptors (Lipinski definition) is 7. The molecule has 3 rings (SSSR count). The monoisotopic (exact) mass is 468 g/mol. The Kier molecular flexibility index (Phi) is 8.17. The maximum Gasteiger partial charge on any atom is 0.295 e. The van der Waals surface area contributed by atoms with Gasteiger partial charge in [0, 0.05) is 32.4 Å². The van der Waals surface area contributed by atoms with Crippen molar-refractivity contribution in [2.24, 2.45) is 0 Å². The van der Waals surface area contributed by atoms with Crippen LogP contribution in [0.3, 0.4) is 0 Å². The summed E-state index contributed by atoms with van der Waals surface area (Å²) in [5.41, 5.74) is 1.96. The molecular weight excluding hydrogens is 436 g/mol. The van der Waals surface area contributed by atoms with E-state index in [0.29, 0.717) is 17.1 Å². The fourth-order valence-corrected chi connectivity index (χ4v) is 4.32. The molecule has 0 aromatic heterocycles. The first-order valence-electron chi connectivity index (χ1n) is 11.3. The Hall–Kier alpha value is -3.52. The zero-order valence-electron chi connectivity index (χ0n) is 20.3. The van der Waals surface area contributed by atoms with E-state index >= 15 is 0 Å². The summed E-state index contributed by atoms with van der Waals surface area (Å²) in [5.74, 6) is -1.14. The van der Waals surface area contributed by atoms with Crippen LogP contribution in [0.15, 0.2) is 48.0 Å². The van der Waals surface area contributed by atoms with Gasteiger partial charge in [0.1, 0.15) is 22.8 Å². The number of methoxy groups -OCH3 is 3. The van der Waals surface area contributed by atoms with Crippen molar-refractivity contribution in [1.29, 1.82) is 0 Å². The highest BCUT2D eigenvalue weighted by Gasteiger charge is 2.46. The minimum absolute atomic E-state index is 0.0144. The van der Waals surface area contributed by atoms with Crippen molar-refractivity contribution >= 4 is 23.1 Å². The number of carbonyl (C=O) groups excluding carboxylic acids is 2. The van der Waals surface area contributed by atoms with Crippen molar-refractivity contribution in [1.82, 2.24) is 4.90 Å². The smallest absolute Gasteiger partial charge is 0.295 e. The number of nitrogens with zero attached hydrogens (tertiary/aromatic N) is 2. The summed E-state index contributed by atoms with van der Waals surface area (Å²) in [7, 11) is 4.46. The lowest BCUT2D eigenvalue weighted by atomic mass is 9.94. The SMILES string of the molecule is CCN(CC)c1ccc(C2/C(=C(\O)c3c(OC)cccc3OC)C(=O)C(=O)N2CCOC)cc1. The number of aliphatic hydroxyl groups excluding tert-OH is 1. The number of rotatable bonds is 10. The molecule has 2 aromatic rings. The maximum absolute atomic E-state index is 13.2. The van der Waals surface area contributed by atoms with Crippen molar-refractivity contribution in [3.05, 3.63) is 59.2 Å². The van der Waals surface area contributed by atoms with Gasteiger partial charge >= 0.3 is 0 Å². The molecule has 2 aromatic carbocycles. The highest BCUT2D eigenvalue weighted by molar-refractivity contribution is 6.46. The molecular formula is C26H32N2O6. The van der Waals surface area contributed by atoms with Crippen LogP contribution in [0.25, 0.3) is 5.76 Å². The number of benzene rings is 2. The molecule has 0 spiro atoms. The van der Waals surface area contributed by atoms with E-state index < -0.39 is 17.7 Å². The Morgan fingerprint density at radius 3 is 2.06 bits per heavy atom. The lowest BCUT2D eigenvalue weighted by Crippen LogP contribution is -2.32. The maximum atomic E-state index is 13.2. The van der Waals surface area contributed by atoms with E-state index in [0.717, 1.165) is 18.8 Å². The highest BCUT2D eigenvalue weighted by Crippen LogP contribution is 2.43. The van der Waals surface area contributed by atoms with E-state index in [1.807, 2.05) is 24.3 Å². The van der Waals surface area contributed by atoms with Gasteiger partial charge in [-0.1, -0.05) is 18.2 Å². The highest BCUT2D eigenvalue weighted by atomic mass is 16.5. The van der Waals surface area contributed by atoms with Crippen LogP contribution in [0.2, 0.25) is 0 Å². The minimum atomic E-state index is -0.782. The molecule has 8 heteroatoms. The van der Waals surface area contributed by atoms with Crippen molar-refractivity contribution in [2.75, 3.05) is 52.5 Å². The van der Waals surface area contributed by atoms with Crippen molar-refractivity contribution in [3.63, 3.8) is 0 Å². The molecule has 1 saturated heterocycles. The Morgan fingerprint density at radius 2 is 1.56 bits per heavy atom. The van der Waals surface area contributed by atoms with E-state index in [9.17, 15) is 14.7 Å². The van der Waals surface area contributed by atoms with Crippen LogP contribution in [0.1, 0.15) is 31.0 Å².